The molecule has 2 N–H and O–H groups in total. The average molecular weight is 296 g/mol. The first-order valence-electron chi connectivity index (χ1n) is 6.97. The highest BCUT2D eigenvalue weighted by Gasteiger charge is 2.34. The van der Waals surface area contributed by atoms with Crippen LogP contribution in [-0.4, -0.2) is 23.7 Å². The lowest BCUT2D eigenvalue weighted by Gasteiger charge is -2.18. The predicted molar refractivity (Wildman–Crippen MR) is 76.3 cm³/mol. The number of ether oxygens (including phenoxy) is 1. The summed E-state index contributed by atoms with van der Waals surface area (Å²) in [6, 6.07) is 3.94. The second-order valence-corrected chi connectivity index (χ2v) is 6.12. The van der Waals surface area contributed by atoms with Gasteiger partial charge in [0.05, 0.1) is 17.0 Å². The van der Waals surface area contributed by atoms with Gasteiger partial charge < -0.3 is 15.2 Å². The van der Waals surface area contributed by atoms with Gasteiger partial charge in [0, 0.05) is 18.2 Å². The lowest BCUT2D eigenvalue weighted by atomic mass is 9.98. The molecular weight excluding hydrogens is 278 g/mol. The quantitative estimate of drug-likeness (QED) is 0.897. The fourth-order valence-corrected chi connectivity index (χ4v) is 2.98. The van der Waals surface area contributed by atoms with Crippen molar-refractivity contribution in [2.24, 2.45) is 5.92 Å². The monoisotopic (exact) mass is 295 g/mol. The smallest absolute Gasteiger partial charge is 0.307 e. The molecule has 0 amide bonds. The van der Waals surface area contributed by atoms with E-state index in [2.05, 4.69) is 5.32 Å². The van der Waals surface area contributed by atoms with Crippen molar-refractivity contribution < 1.29 is 14.6 Å². The van der Waals surface area contributed by atoms with Crippen LogP contribution in [0.2, 0.25) is 5.02 Å². The highest BCUT2D eigenvalue weighted by Crippen LogP contribution is 2.41. The summed E-state index contributed by atoms with van der Waals surface area (Å²) in [5.41, 5.74) is 2.05. The lowest BCUT2D eigenvalue weighted by molar-refractivity contribution is -0.141. The topological polar surface area (TPSA) is 58.6 Å². The molecule has 5 heteroatoms. The summed E-state index contributed by atoms with van der Waals surface area (Å²) in [7, 11) is 0. The van der Waals surface area contributed by atoms with Crippen molar-refractivity contribution in [2.45, 2.75) is 38.3 Å². The fraction of sp³-hybridized carbons (Fsp3) is 0.533. The second-order valence-electron chi connectivity index (χ2n) is 5.71. The van der Waals surface area contributed by atoms with Crippen LogP contribution in [0.4, 0.5) is 0 Å². The Bertz CT molecular complexity index is 542. The number of halogens is 1. The standard InChI is InChI=1S/C15H18ClNO3/c1-8-4-11(13-6-9(7-17-13)15(18)19)14(12(16)5-8)20-10-2-3-10/h4-5,9-10,13,17H,2-3,6-7H2,1H3,(H,18,19). The molecular formula is C15H18ClNO3. The Balaban J connectivity index is 1.89. The van der Waals surface area contributed by atoms with E-state index < -0.39 is 5.97 Å². The number of nitrogens with one attached hydrogen (secondary N) is 1. The average Bonchev–Trinajstić information content (AvgIpc) is 3.05. The van der Waals surface area contributed by atoms with E-state index in [1.54, 1.807) is 0 Å². The minimum absolute atomic E-state index is 0.00208. The molecule has 2 unspecified atom stereocenters. The van der Waals surface area contributed by atoms with Crippen LogP contribution in [-0.2, 0) is 4.79 Å². The summed E-state index contributed by atoms with van der Waals surface area (Å²) in [5, 5.41) is 13.0. The van der Waals surface area contributed by atoms with Gasteiger partial charge in [-0.15, -0.1) is 0 Å². The Morgan fingerprint density at radius 3 is 2.80 bits per heavy atom. The van der Waals surface area contributed by atoms with Crippen molar-refractivity contribution in [3.05, 3.63) is 28.3 Å². The maximum Gasteiger partial charge on any atom is 0.307 e. The van der Waals surface area contributed by atoms with Crippen LogP contribution < -0.4 is 10.1 Å². The molecule has 108 valence electrons. The normalized spacial score (nSPS) is 25.7. The number of carboxylic acids is 1. The van der Waals surface area contributed by atoms with Gasteiger partial charge in [-0.1, -0.05) is 17.7 Å². The molecule has 1 heterocycles. The number of carboxylic acid groups (broad SMARTS) is 1. The molecule has 1 aliphatic carbocycles. The minimum atomic E-state index is -0.747. The third kappa shape index (κ3) is 2.76. The number of benzene rings is 1. The van der Waals surface area contributed by atoms with Gasteiger partial charge in [0.2, 0.25) is 0 Å². The van der Waals surface area contributed by atoms with Crippen molar-refractivity contribution >= 4 is 17.6 Å². The molecule has 1 saturated heterocycles. The molecule has 2 aliphatic rings. The van der Waals surface area contributed by atoms with Gasteiger partial charge in [0.15, 0.2) is 0 Å². The van der Waals surface area contributed by atoms with Crippen molar-refractivity contribution in [3.8, 4) is 5.75 Å². The van der Waals surface area contributed by atoms with Gasteiger partial charge in [0.25, 0.3) is 0 Å². The molecule has 1 saturated carbocycles. The predicted octanol–water partition coefficient (Wildman–Crippen LogP) is 2.92. The second kappa shape index (κ2) is 5.26. The summed E-state index contributed by atoms with van der Waals surface area (Å²) >= 11 is 6.31. The summed E-state index contributed by atoms with van der Waals surface area (Å²) in [6.07, 6.45) is 2.99. The van der Waals surface area contributed by atoms with E-state index in [9.17, 15) is 4.79 Å². The summed E-state index contributed by atoms with van der Waals surface area (Å²) < 4.78 is 5.93. The molecule has 1 aromatic carbocycles. The third-order valence-corrected chi connectivity index (χ3v) is 4.16. The molecule has 1 aliphatic heterocycles. The molecule has 0 bridgehead atoms. The first kappa shape index (κ1) is 13.7. The molecule has 4 nitrogen and oxygen atoms in total. The third-order valence-electron chi connectivity index (χ3n) is 3.88. The zero-order valence-electron chi connectivity index (χ0n) is 11.4. The van der Waals surface area contributed by atoms with E-state index in [0.717, 1.165) is 29.7 Å². The van der Waals surface area contributed by atoms with Gasteiger partial charge in [-0.25, -0.2) is 0 Å². The van der Waals surface area contributed by atoms with E-state index in [0.29, 0.717) is 18.0 Å². The van der Waals surface area contributed by atoms with Gasteiger partial charge in [-0.2, -0.15) is 0 Å². The van der Waals surface area contributed by atoms with Gasteiger partial charge in [-0.3, -0.25) is 4.79 Å². The molecule has 0 aromatic heterocycles. The number of aliphatic carboxylic acids is 1. The molecule has 3 rings (SSSR count). The minimum Gasteiger partial charge on any atom is -0.489 e. The molecule has 2 atom stereocenters. The number of aryl methyl sites for hydroxylation is 1. The lowest BCUT2D eigenvalue weighted by Crippen LogP contribution is -2.17. The van der Waals surface area contributed by atoms with Crippen molar-refractivity contribution in [2.75, 3.05) is 6.54 Å². The van der Waals surface area contributed by atoms with Crippen LogP contribution in [0.15, 0.2) is 12.1 Å². The van der Waals surface area contributed by atoms with E-state index >= 15 is 0 Å². The number of hydrogen-bond acceptors (Lipinski definition) is 3. The Labute approximate surface area is 123 Å². The van der Waals surface area contributed by atoms with Crippen LogP contribution in [0.1, 0.15) is 36.4 Å². The summed E-state index contributed by atoms with van der Waals surface area (Å²) in [4.78, 5) is 11.1. The van der Waals surface area contributed by atoms with Crippen LogP contribution in [0.3, 0.4) is 0 Å². The van der Waals surface area contributed by atoms with Gasteiger partial charge in [-0.05, 0) is 37.8 Å². The van der Waals surface area contributed by atoms with E-state index in [1.807, 2.05) is 19.1 Å². The Kier molecular flexibility index (Phi) is 3.61. The molecule has 1 aromatic rings. The summed E-state index contributed by atoms with van der Waals surface area (Å²) in [5.74, 6) is -0.361. The maximum absolute atomic E-state index is 11.1. The Morgan fingerprint density at radius 2 is 2.20 bits per heavy atom. The van der Waals surface area contributed by atoms with Crippen LogP contribution in [0, 0.1) is 12.8 Å². The molecule has 0 spiro atoms. The highest BCUT2D eigenvalue weighted by molar-refractivity contribution is 6.32. The van der Waals surface area contributed by atoms with Gasteiger partial charge >= 0.3 is 5.97 Å². The van der Waals surface area contributed by atoms with E-state index in [1.165, 1.54) is 0 Å². The van der Waals surface area contributed by atoms with E-state index in [-0.39, 0.29) is 18.1 Å². The molecule has 2 fully saturated rings. The van der Waals surface area contributed by atoms with E-state index in [4.69, 9.17) is 21.4 Å². The number of rotatable bonds is 4. The summed E-state index contributed by atoms with van der Waals surface area (Å²) in [6.45, 7) is 2.48. The highest BCUT2D eigenvalue weighted by atomic mass is 35.5. The largest absolute Gasteiger partial charge is 0.489 e. The molecule has 20 heavy (non-hydrogen) atoms. The maximum atomic E-state index is 11.1. The van der Waals surface area contributed by atoms with Gasteiger partial charge in [0.1, 0.15) is 5.75 Å². The van der Waals surface area contributed by atoms with Crippen LogP contribution in [0.5, 0.6) is 5.75 Å². The molecule has 0 radical (unpaired) electrons. The van der Waals surface area contributed by atoms with Crippen LogP contribution >= 0.6 is 11.6 Å². The number of carbonyl (C=O) groups is 1. The van der Waals surface area contributed by atoms with Crippen LogP contribution in [0.25, 0.3) is 0 Å². The van der Waals surface area contributed by atoms with Crippen molar-refractivity contribution in [3.63, 3.8) is 0 Å². The fourth-order valence-electron chi connectivity index (χ4n) is 2.65. The Morgan fingerprint density at radius 1 is 1.45 bits per heavy atom. The zero-order valence-corrected chi connectivity index (χ0v) is 12.1. The Hall–Kier alpha value is -1.26. The van der Waals surface area contributed by atoms with Crippen molar-refractivity contribution in [1.29, 1.82) is 0 Å². The first-order valence-corrected chi connectivity index (χ1v) is 7.35. The van der Waals surface area contributed by atoms with Crippen molar-refractivity contribution in [1.82, 2.24) is 5.32 Å². The SMILES string of the molecule is Cc1cc(Cl)c(OC2CC2)c(C2CC(C(=O)O)CN2)c1. The number of hydrogen-bond donors (Lipinski definition) is 2. The first-order chi connectivity index (χ1) is 9.54. The zero-order chi connectivity index (χ0) is 14.3.